The highest BCUT2D eigenvalue weighted by atomic mass is 79.9. The normalized spacial score (nSPS) is 12.4. The Morgan fingerprint density at radius 2 is 1.58 bits per heavy atom. The average molecular weight is 509 g/mol. The molecule has 0 spiro atoms. The lowest BCUT2D eigenvalue weighted by molar-refractivity contribution is -0.127. The second-order valence-corrected chi connectivity index (χ2v) is 8.02. The molecule has 0 unspecified atom stereocenters. The summed E-state index contributed by atoms with van der Waals surface area (Å²) in [5, 5.41) is 2.22. The van der Waals surface area contributed by atoms with E-state index in [9.17, 15) is 4.79 Å². The maximum Gasteiger partial charge on any atom is 0.344 e. The van der Waals surface area contributed by atoms with Crippen LogP contribution in [-0.2, 0) is 4.79 Å². The van der Waals surface area contributed by atoms with Gasteiger partial charge in [-0.2, -0.15) is 0 Å². The van der Waals surface area contributed by atoms with Gasteiger partial charge in [0.2, 0.25) is 0 Å². The fourth-order valence-corrected chi connectivity index (χ4v) is 5.31. The van der Waals surface area contributed by atoms with E-state index < -0.39 is 0 Å². The summed E-state index contributed by atoms with van der Waals surface area (Å²) in [5.74, 6) is 0.0923. The molecule has 0 atom stereocenters. The monoisotopic (exact) mass is 506 g/mol. The minimum absolute atomic E-state index is 0.373. The number of carbonyl (C=O) groups excluding carboxylic acids is 1. The van der Waals surface area contributed by atoms with E-state index in [4.69, 9.17) is 4.74 Å². The highest BCUT2D eigenvalue weighted by Crippen LogP contribution is 2.40. The molecule has 24 heavy (non-hydrogen) atoms. The SMILES string of the molecule is O=C(Oc1c(Br)cc(Br)cc1Br)C1=Cc2cccc3cccc1c23. The number of esters is 1. The van der Waals surface area contributed by atoms with E-state index >= 15 is 0 Å². The van der Waals surface area contributed by atoms with E-state index in [0.717, 1.165) is 26.4 Å². The second kappa shape index (κ2) is 6.14. The van der Waals surface area contributed by atoms with Crippen LogP contribution in [0.2, 0.25) is 0 Å². The van der Waals surface area contributed by atoms with Gasteiger partial charge in [0.25, 0.3) is 0 Å². The first-order chi connectivity index (χ1) is 11.5. The minimum atomic E-state index is -0.373. The summed E-state index contributed by atoms with van der Waals surface area (Å²) < 4.78 is 7.94. The lowest BCUT2D eigenvalue weighted by Gasteiger charge is -2.10. The van der Waals surface area contributed by atoms with Gasteiger partial charge in [0.1, 0.15) is 0 Å². The lowest BCUT2D eigenvalue weighted by atomic mass is 10.0. The van der Waals surface area contributed by atoms with Crippen molar-refractivity contribution in [2.24, 2.45) is 0 Å². The molecule has 0 saturated heterocycles. The van der Waals surface area contributed by atoms with E-state index in [-0.39, 0.29) is 5.97 Å². The summed E-state index contributed by atoms with van der Waals surface area (Å²) in [6.45, 7) is 0. The topological polar surface area (TPSA) is 26.3 Å². The van der Waals surface area contributed by atoms with Crippen LogP contribution in [0.3, 0.4) is 0 Å². The maximum atomic E-state index is 12.8. The Balaban J connectivity index is 1.74. The molecule has 0 heterocycles. The van der Waals surface area contributed by atoms with Crippen LogP contribution in [0.1, 0.15) is 11.1 Å². The largest absolute Gasteiger partial charge is 0.420 e. The molecule has 3 aromatic rings. The molecule has 1 aliphatic carbocycles. The number of rotatable bonds is 2. The zero-order valence-corrected chi connectivity index (χ0v) is 16.9. The third-order valence-corrected chi connectivity index (χ3v) is 5.54. The first-order valence-electron chi connectivity index (χ1n) is 7.15. The number of halogens is 3. The Morgan fingerprint density at radius 3 is 2.29 bits per heavy atom. The van der Waals surface area contributed by atoms with Crippen LogP contribution in [0, 0.1) is 0 Å². The van der Waals surface area contributed by atoms with Crippen LogP contribution < -0.4 is 4.74 Å². The van der Waals surface area contributed by atoms with Crippen LogP contribution in [-0.4, -0.2) is 5.97 Å². The standard InChI is InChI=1S/C19H9Br3O2/c20-12-8-15(21)18(16(22)9-12)24-19(23)14-7-11-5-1-3-10-4-2-6-13(14)17(10)11/h1-9H. The molecule has 3 aromatic carbocycles. The number of benzene rings is 3. The minimum Gasteiger partial charge on any atom is -0.420 e. The van der Waals surface area contributed by atoms with Crippen LogP contribution in [0.15, 0.2) is 61.9 Å². The van der Waals surface area contributed by atoms with Crippen molar-refractivity contribution in [1.29, 1.82) is 0 Å². The first kappa shape index (κ1) is 16.1. The molecule has 0 fully saturated rings. The fourth-order valence-electron chi connectivity index (χ4n) is 2.89. The molecule has 4 rings (SSSR count). The third kappa shape index (κ3) is 2.65. The maximum absolute atomic E-state index is 12.8. The molecule has 0 bridgehead atoms. The van der Waals surface area contributed by atoms with Crippen LogP contribution in [0.25, 0.3) is 22.4 Å². The zero-order valence-electron chi connectivity index (χ0n) is 12.1. The van der Waals surface area contributed by atoms with Crippen molar-refractivity contribution in [3.05, 3.63) is 73.1 Å². The summed E-state index contributed by atoms with van der Waals surface area (Å²) in [6, 6.07) is 15.7. The van der Waals surface area contributed by atoms with Gasteiger partial charge >= 0.3 is 5.97 Å². The summed E-state index contributed by atoms with van der Waals surface area (Å²) in [5.41, 5.74) is 2.53. The molecule has 0 saturated carbocycles. The predicted molar refractivity (Wildman–Crippen MR) is 107 cm³/mol. The number of ether oxygens (including phenoxy) is 1. The Bertz CT molecular complexity index is 1010. The predicted octanol–water partition coefficient (Wildman–Crippen LogP) is 6.59. The highest BCUT2D eigenvalue weighted by molar-refractivity contribution is 9.11. The number of hydrogen-bond donors (Lipinski definition) is 0. The van der Waals surface area contributed by atoms with Gasteiger partial charge in [0, 0.05) is 4.47 Å². The van der Waals surface area contributed by atoms with Crippen molar-refractivity contribution in [2.75, 3.05) is 0 Å². The van der Waals surface area contributed by atoms with Crippen LogP contribution in [0.4, 0.5) is 0 Å². The summed E-state index contributed by atoms with van der Waals surface area (Å²) in [4.78, 5) is 12.8. The molecule has 0 amide bonds. The van der Waals surface area contributed by atoms with Gasteiger partial charge in [-0.05, 0) is 72.0 Å². The van der Waals surface area contributed by atoms with Gasteiger partial charge in [-0.3, -0.25) is 0 Å². The molecule has 5 heteroatoms. The first-order valence-corrected chi connectivity index (χ1v) is 9.53. The second-order valence-electron chi connectivity index (χ2n) is 5.40. The molecule has 118 valence electrons. The van der Waals surface area contributed by atoms with E-state index in [1.807, 2.05) is 54.6 Å². The van der Waals surface area contributed by atoms with Crippen molar-refractivity contribution >= 4 is 76.2 Å². The van der Waals surface area contributed by atoms with Crippen molar-refractivity contribution in [3.8, 4) is 5.75 Å². The van der Waals surface area contributed by atoms with Crippen molar-refractivity contribution < 1.29 is 9.53 Å². The zero-order chi connectivity index (χ0) is 16.8. The molecule has 1 aliphatic rings. The van der Waals surface area contributed by atoms with Crippen LogP contribution >= 0.6 is 47.8 Å². The average Bonchev–Trinajstić information content (AvgIpc) is 2.92. The van der Waals surface area contributed by atoms with Gasteiger partial charge in [0.15, 0.2) is 5.75 Å². The Hall–Kier alpha value is -1.43. The van der Waals surface area contributed by atoms with Gasteiger partial charge in [-0.25, -0.2) is 4.79 Å². The summed E-state index contributed by atoms with van der Waals surface area (Å²) >= 11 is 10.3. The quantitative estimate of drug-likeness (QED) is 0.288. The highest BCUT2D eigenvalue weighted by Gasteiger charge is 2.24. The van der Waals surface area contributed by atoms with Gasteiger partial charge in [-0.1, -0.05) is 52.3 Å². The Labute approximate surface area is 163 Å². The Kier molecular flexibility index (Phi) is 4.11. The van der Waals surface area contributed by atoms with E-state index in [0.29, 0.717) is 20.3 Å². The summed E-state index contributed by atoms with van der Waals surface area (Å²) in [7, 11) is 0. The Morgan fingerprint density at radius 1 is 0.917 bits per heavy atom. The smallest absolute Gasteiger partial charge is 0.344 e. The molecule has 0 aromatic heterocycles. The number of carbonyl (C=O) groups is 1. The van der Waals surface area contributed by atoms with Gasteiger partial charge in [-0.15, -0.1) is 0 Å². The van der Waals surface area contributed by atoms with E-state index in [1.54, 1.807) is 0 Å². The molecule has 2 nitrogen and oxygen atoms in total. The summed E-state index contributed by atoms with van der Waals surface area (Å²) in [6.07, 6.45) is 1.89. The fraction of sp³-hybridized carbons (Fsp3) is 0. The van der Waals surface area contributed by atoms with Crippen LogP contribution in [0.5, 0.6) is 5.75 Å². The molecule has 0 aliphatic heterocycles. The van der Waals surface area contributed by atoms with Gasteiger partial charge < -0.3 is 4.74 Å². The lowest BCUT2D eigenvalue weighted by Crippen LogP contribution is -2.10. The molecular formula is C19H9Br3O2. The molecule has 0 N–H and O–H groups in total. The molecular weight excluding hydrogens is 500 g/mol. The van der Waals surface area contributed by atoms with E-state index in [2.05, 4.69) is 47.8 Å². The van der Waals surface area contributed by atoms with Crippen molar-refractivity contribution in [3.63, 3.8) is 0 Å². The third-order valence-electron chi connectivity index (χ3n) is 3.90. The van der Waals surface area contributed by atoms with E-state index in [1.165, 1.54) is 0 Å². The van der Waals surface area contributed by atoms with Gasteiger partial charge in [0.05, 0.1) is 14.5 Å². The number of hydrogen-bond acceptors (Lipinski definition) is 2. The molecule has 0 radical (unpaired) electrons. The van der Waals surface area contributed by atoms with Crippen molar-refractivity contribution in [2.45, 2.75) is 0 Å². The van der Waals surface area contributed by atoms with Crippen molar-refractivity contribution in [1.82, 2.24) is 0 Å².